The van der Waals surface area contributed by atoms with Gasteiger partial charge >= 0.3 is 0 Å². The summed E-state index contributed by atoms with van der Waals surface area (Å²) in [6, 6.07) is 24.4. The van der Waals surface area contributed by atoms with Gasteiger partial charge in [0, 0.05) is 24.8 Å². The Bertz CT molecular complexity index is 961. The number of rotatable bonds is 11. The van der Waals surface area contributed by atoms with Gasteiger partial charge in [-0.05, 0) is 84.3 Å². The smallest absolute Gasteiger partial charge is 0.119 e. The van der Waals surface area contributed by atoms with Crippen LogP contribution in [0.5, 0.6) is 11.5 Å². The summed E-state index contributed by atoms with van der Waals surface area (Å²) in [6.45, 7) is 1.48. The molecule has 4 nitrogen and oxygen atoms in total. The van der Waals surface area contributed by atoms with Gasteiger partial charge in [-0.1, -0.05) is 36.4 Å². The second-order valence-corrected chi connectivity index (χ2v) is 7.64. The van der Waals surface area contributed by atoms with E-state index in [1.807, 2.05) is 48.8 Å². The molecule has 0 fully saturated rings. The van der Waals surface area contributed by atoms with Gasteiger partial charge in [0.2, 0.25) is 0 Å². The molecule has 0 atom stereocenters. The van der Waals surface area contributed by atoms with Gasteiger partial charge in [0.25, 0.3) is 0 Å². The molecule has 0 N–H and O–H groups in total. The summed E-state index contributed by atoms with van der Waals surface area (Å²) in [6.07, 6.45) is 11.7. The molecule has 4 aromatic rings. The third-order valence-electron chi connectivity index (χ3n) is 5.27. The Hall–Kier alpha value is -3.66. The molecule has 162 valence electrons. The van der Waals surface area contributed by atoms with Crippen LogP contribution in [0.1, 0.15) is 25.7 Å². The minimum absolute atomic E-state index is 0.739. The number of hydrogen-bond acceptors (Lipinski definition) is 4. The second-order valence-electron chi connectivity index (χ2n) is 7.64. The predicted octanol–water partition coefficient (Wildman–Crippen LogP) is 6.83. The van der Waals surface area contributed by atoms with E-state index in [0.29, 0.717) is 0 Å². The number of aromatic nitrogens is 2. The molecule has 0 unspecified atom stereocenters. The number of benzene rings is 2. The molecule has 32 heavy (non-hydrogen) atoms. The van der Waals surface area contributed by atoms with Crippen LogP contribution in [0.3, 0.4) is 0 Å². The minimum atomic E-state index is 0.739. The van der Waals surface area contributed by atoms with Gasteiger partial charge in [-0.3, -0.25) is 9.97 Å². The number of hydrogen-bond donors (Lipinski definition) is 0. The van der Waals surface area contributed by atoms with Crippen LogP contribution in [-0.2, 0) is 0 Å². The van der Waals surface area contributed by atoms with Gasteiger partial charge in [0.1, 0.15) is 11.5 Å². The average molecular weight is 425 g/mol. The average Bonchev–Trinajstić information content (AvgIpc) is 2.87. The van der Waals surface area contributed by atoms with Crippen molar-refractivity contribution in [3.05, 3.63) is 97.6 Å². The van der Waals surface area contributed by atoms with Crippen LogP contribution in [0.25, 0.3) is 22.3 Å². The van der Waals surface area contributed by atoms with Crippen LogP contribution in [-0.4, -0.2) is 23.2 Å². The molecule has 2 aromatic carbocycles. The quantitative estimate of drug-likeness (QED) is 0.248. The van der Waals surface area contributed by atoms with Gasteiger partial charge < -0.3 is 9.47 Å². The molecular weight excluding hydrogens is 396 g/mol. The van der Waals surface area contributed by atoms with Crippen molar-refractivity contribution in [1.82, 2.24) is 9.97 Å². The third kappa shape index (κ3) is 6.42. The molecule has 4 rings (SSSR count). The van der Waals surface area contributed by atoms with Crippen molar-refractivity contribution in [2.45, 2.75) is 25.7 Å². The van der Waals surface area contributed by atoms with E-state index >= 15 is 0 Å². The lowest BCUT2D eigenvalue weighted by atomic mass is 10.1. The van der Waals surface area contributed by atoms with Crippen molar-refractivity contribution < 1.29 is 9.47 Å². The van der Waals surface area contributed by atoms with Crippen LogP contribution in [0, 0.1) is 0 Å². The molecule has 0 aliphatic rings. The Morgan fingerprint density at radius 1 is 0.469 bits per heavy atom. The SMILES string of the molecule is c1cncc(-c2ccc(OCCCCCCOc3ccc(-c4cccnc4)cc3)cc2)c1. The molecule has 4 heteroatoms. The summed E-state index contributed by atoms with van der Waals surface area (Å²) in [5, 5.41) is 0. The molecule has 0 aliphatic heterocycles. The molecule has 0 radical (unpaired) electrons. The zero-order chi connectivity index (χ0) is 21.8. The Kier molecular flexibility index (Phi) is 7.86. The largest absolute Gasteiger partial charge is 0.494 e. The first-order valence-corrected chi connectivity index (χ1v) is 11.1. The maximum Gasteiger partial charge on any atom is 0.119 e. The summed E-state index contributed by atoms with van der Waals surface area (Å²) in [4.78, 5) is 8.33. The van der Waals surface area contributed by atoms with E-state index in [2.05, 4.69) is 46.4 Å². The van der Waals surface area contributed by atoms with Crippen molar-refractivity contribution in [3.8, 4) is 33.8 Å². The van der Waals surface area contributed by atoms with Crippen molar-refractivity contribution in [3.63, 3.8) is 0 Å². The van der Waals surface area contributed by atoms with Gasteiger partial charge in [-0.2, -0.15) is 0 Å². The van der Waals surface area contributed by atoms with Crippen molar-refractivity contribution in [1.29, 1.82) is 0 Å². The van der Waals surface area contributed by atoms with Crippen LogP contribution < -0.4 is 9.47 Å². The van der Waals surface area contributed by atoms with Gasteiger partial charge in [0.05, 0.1) is 13.2 Å². The van der Waals surface area contributed by atoms with E-state index in [1.165, 1.54) is 0 Å². The summed E-state index contributed by atoms with van der Waals surface area (Å²) in [5.74, 6) is 1.83. The van der Waals surface area contributed by atoms with E-state index in [-0.39, 0.29) is 0 Å². The van der Waals surface area contributed by atoms with Crippen molar-refractivity contribution in [2.24, 2.45) is 0 Å². The Morgan fingerprint density at radius 3 is 1.28 bits per heavy atom. The van der Waals surface area contributed by atoms with E-state index < -0.39 is 0 Å². The number of pyridine rings is 2. The van der Waals surface area contributed by atoms with Crippen molar-refractivity contribution in [2.75, 3.05) is 13.2 Å². The first-order chi connectivity index (χ1) is 15.9. The summed E-state index contributed by atoms with van der Waals surface area (Å²) in [5.41, 5.74) is 4.53. The highest BCUT2D eigenvalue weighted by atomic mass is 16.5. The molecule has 0 bridgehead atoms. The molecule has 0 saturated heterocycles. The number of unbranched alkanes of at least 4 members (excludes halogenated alkanes) is 3. The first-order valence-electron chi connectivity index (χ1n) is 11.1. The highest BCUT2D eigenvalue weighted by molar-refractivity contribution is 5.63. The summed E-state index contributed by atoms with van der Waals surface area (Å²) >= 11 is 0. The molecular formula is C28H28N2O2. The summed E-state index contributed by atoms with van der Waals surface area (Å²) in [7, 11) is 0. The summed E-state index contributed by atoms with van der Waals surface area (Å²) < 4.78 is 11.7. The second kappa shape index (κ2) is 11.7. The van der Waals surface area contributed by atoms with Gasteiger partial charge in [-0.25, -0.2) is 0 Å². The van der Waals surface area contributed by atoms with E-state index in [1.54, 1.807) is 12.4 Å². The molecule has 2 heterocycles. The lowest BCUT2D eigenvalue weighted by Crippen LogP contribution is -2.00. The Morgan fingerprint density at radius 2 is 0.906 bits per heavy atom. The normalized spacial score (nSPS) is 10.6. The van der Waals surface area contributed by atoms with E-state index in [0.717, 1.165) is 72.6 Å². The highest BCUT2D eigenvalue weighted by Crippen LogP contribution is 2.23. The standard InChI is InChI=1S/C28H28N2O2/c1(3-19-31-27-13-9-23(10-14-27)25-7-5-17-29-21-25)2-4-20-32-28-15-11-24(12-16-28)26-8-6-18-30-22-26/h5-18,21-22H,1-4,19-20H2. The maximum atomic E-state index is 5.87. The monoisotopic (exact) mass is 424 g/mol. The predicted molar refractivity (Wildman–Crippen MR) is 129 cm³/mol. The third-order valence-corrected chi connectivity index (χ3v) is 5.27. The van der Waals surface area contributed by atoms with E-state index in [9.17, 15) is 0 Å². The zero-order valence-electron chi connectivity index (χ0n) is 18.2. The topological polar surface area (TPSA) is 44.2 Å². The number of nitrogens with zero attached hydrogens (tertiary/aromatic N) is 2. The first kappa shape index (κ1) is 21.6. The van der Waals surface area contributed by atoms with Crippen molar-refractivity contribution >= 4 is 0 Å². The fourth-order valence-electron chi connectivity index (χ4n) is 3.49. The fraction of sp³-hybridized carbons (Fsp3) is 0.214. The van der Waals surface area contributed by atoms with Crippen LogP contribution in [0.15, 0.2) is 97.6 Å². The maximum absolute atomic E-state index is 5.87. The lowest BCUT2D eigenvalue weighted by molar-refractivity contribution is 0.287. The Labute approximate surface area is 189 Å². The zero-order valence-corrected chi connectivity index (χ0v) is 18.2. The molecule has 0 saturated carbocycles. The van der Waals surface area contributed by atoms with Crippen LogP contribution >= 0.6 is 0 Å². The minimum Gasteiger partial charge on any atom is -0.494 e. The Balaban J connectivity index is 1.08. The fourth-order valence-corrected chi connectivity index (χ4v) is 3.49. The van der Waals surface area contributed by atoms with Gasteiger partial charge in [0.15, 0.2) is 0 Å². The number of ether oxygens (including phenoxy) is 2. The van der Waals surface area contributed by atoms with Gasteiger partial charge in [-0.15, -0.1) is 0 Å². The molecule has 2 aromatic heterocycles. The van der Waals surface area contributed by atoms with Crippen LogP contribution in [0.2, 0.25) is 0 Å². The molecule has 0 aliphatic carbocycles. The highest BCUT2D eigenvalue weighted by Gasteiger charge is 2.00. The van der Waals surface area contributed by atoms with Crippen LogP contribution in [0.4, 0.5) is 0 Å². The van der Waals surface area contributed by atoms with E-state index in [4.69, 9.17) is 9.47 Å². The lowest BCUT2D eigenvalue weighted by Gasteiger charge is -2.09. The molecule has 0 spiro atoms. The molecule has 0 amide bonds.